The Morgan fingerprint density at radius 2 is 1.79 bits per heavy atom. The zero-order chi connectivity index (χ0) is 24.1. The van der Waals surface area contributed by atoms with Crippen molar-refractivity contribution in [3.05, 3.63) is 105 Å². The number of nitrogens with zero attached hydrogens (tertiary/aromatic N) is 1. The van der Waals surface area contributed by atoms with Crippen molar-refractivity contribution in [2.75, 3.05) is 4.90 Å². The van der Waals surface area contributed by atoms with Gasteiger partial charge in [-0.25, -0.2) is 8.78 Å². The quantitative estimate of drug-likeness (QED) is 0.320. The molecular weight excluding hydrogens is 512 g/mol. The van der Waals surface area contributed by atoms with Gasteiger partial charge in [0.15, 0.2) is 11.5 Å². The summed E-state index contributed by atoms with van der Waals surface area (Å²) in [5, 5.41) is 21.4. The van der Waals surface area contributed by atoms with Gasteiger partial charge in [0, 0.05) is 15.9 Å². The summed E-state index contributed by atoms with van der Waals surface area (Å²) in [5.74, 6) is -4.98. The molecular formula is C25H14BrF2NO5. The van der Waals surface area contributed by atoms with Gasteiger partial charge in [-0.1, -0.05) is 28.1 Å². The normalized spacial score (nSPS) is 16.0. The Bertz CT molecular complexity index is 1530. The Kier molecular flexibility index (Phi) is 5.21. The van der Waals surface area contributed by atoms with Crippen molar-refractivity contribution < 1.29 is 33.0 Å². The zero-order valence-electron chi connectivity index (χ0n) is 17.1. The van der Waals surface area contributed by atoms with Crippen molar-refractivity contribution in [1.82, 2.24) is 0 Å². The van der Waals surface area contributed by atoms with E-state index in [0.29, 0.717) is 17.0 Å². The summed E-state index contributed by atoms with van der Waals surface area (Å²) in [6.45, 7) is 0. The molecule has 1 unspecified atom stereocenters. The molecule has 0 bridgehead atoms. The van der Waals surface area contributed by atoms with E-state index in [-0.39, 0.29) is 28.3 Å². The van der Waals surface area contributed by atoms with Crippen LogP contribution in [0, 0.1) is 11.6 Å². The number of aromatic hydroxyl groups is 1. The van der Waals surface area contributed by atoms with Crippen LogP contribution in [0.1, 0.15) is 22.2 Å². The van der Waals surface area contributed by atoms with Crippen molar-refractivity contribution in [1.29, 1.82) is 0 Å². The molecule has 34 heavy (non-hydrogen) atoms. The third kappa shape index (κ3) is 3.54. The summed E-state index contributed by atoms with van der Waals surface area (Å²) >= 11 is 3.34. The summed E-state index contributed by atoms with van der Waals surface area (Å²) in [5.41, 5.74) is -0.0743. The molecule has 0 radical (unpaired) electrons. The van der Waals surface area contributed by atoms with Gasteiger partial charge < -0.3 is 14.6 Å². The molecule has 170 valence electrons. The van der Waals surface area contributed by atoms with E-state index in [1.165, 1.54) is 30.3 Å². The SMILES string of the molecule is O=C(C1=C(O)C(=O)N(c2ccc(F)cc2F)C1c1cccc(O)c1)c1cc2cc(Br)ccc2o1. The number of furan rings is 1. The molecule has 3 aromatic carbocycles. The molecule has 1 atom stereocenters. The van der Waals surface area contributed by atoms with Crippen LogP contribution in [0.5, 0.6) is 5.75 Å². The summed E-state index contributed by atoms with van der Waals surface area (Å²) in [6.07, 6.45) is 0. The maximum atomic E-state index is 14.7. The number of amides is 1. The van der Waals surface area contributed by atoms with E-state index in [0.717, 1.165) is 21.5 Å². The fraction of sp³-hybridized carbons (Fsp3) is 0.0400. The molecule has 6 nitrogen and oxygen atoms in total. The molecule has 4 aromatic rings. The molecule has 0 aliphatic carbocycles. The van der Waals surface area contributed by atoms with Gasteiger partial charge >= 0.3 is 0 Å². The third-order valence-corrected chi connectivity index (χ3v) is 6.00. The Labute approximate surface area is 199 Å². The van der Waals surface area contributed by atoms with Crippen LogP contribution in [-0.2, 0) is 4.79 Å². The van der Waals surface area contributed by atoms with E-state index >= 15 is 0 Å². The second-order valence-corrected chi connectivity index (χ2v) is 8.57. The lowest BCUT2D eigenvalue weighted by Crippen LogP contribution is -2.31. The molecule has 2 heterocycles. The van der Waals surface area contributed by atoms with Crippen molar-refractivity contribution in [3.63, 3.8) is 0 Å². The lowest BCUT2D eigenvalue weighted by Gasteiger charge is -2.27. The molecule has 1 amide bonds. The molecule has 0 fully saturated rings. The minimum Gasteiger partial charge on any atom is -0.508 e. The van der Waals surface area contributed by atoms with E-state index in [1.54, 1.807) is 18.2 Å². The van der Waals surface area contributed by atoms with Gasteiger partial charge in [-0.05, 0) is 54.1 Å². The van der Waals surface area contributed by atoms with Gasteiger partial charge in [0.2, 0.25) is 5.78 Å². The van der Waals surface area contributed by atoms with Crippen LogP contribution < -0.4 is 4.90 Å². The Morgan fingerprint density at radius 3 is 2.53 bits per heavy atom. The molecule has 1 aliphatic rings. The highest BCUT2D eigenvalue weighted by atomic mass is 79.9. The number of carbonyl (C=O) groups is 2. The molecule has 9 heteroatoms. The number of Topliss-reactive ketones (excluding diaryl/α,β-unsaturated/α-hetero) is 1. The molecule has 5 rings (SSSR count). The first-order chi connectivity index (χ1) is 16.2. The Hall–Kier alpha value is -3.98. The molecule has 0 saturated carbocycles. The molecule has 1 aliphatic heterocycles. The fourth-order valence-corrected chi connectivity index (χ4v) is 4.41. The first-order valence-corrected chi connectivity index (χ1v) is 10.8. The number of rotatable bonds is 4. The van der Waals surface area contributed by atoms with Crippen molar-refractivity contribution in [3.8, 4) is 5.75 Å². The van der Waals surface area contributed by atoms with Gasteiger partial charge in [0.1, 0.15) is 23.0 Å². The van der Waals surface area contributed by atoms with Crippen LogP contribution in [-0.4, -0.2) is 21.9 Å². The van der Waals surface area contributed by atoms with Crippen molar-refractivity contribution in [2.45, 2.75) is 6.04 Å². The Morgan fingerprint density at radius 1 is 1.00 bits per heavy atom. The summed E-state index contributed by atoms with van der Waals surface area (Å²) in [6, 6.07) is 13.5. The predicted molar refractivity (Wildman–Crippen MR) is 123 cm³/mol. The second kappa shape index (κ2) is 8.11. The van der Waals surface area contributed by atoms with E-state index in [2.05, 4.69) is 15.9 Å². The van der Waals surface area contributed by atoms with Crippen LogP contribution in [0.25, 0.3) is 11.0 Å². The maximum absolute atomic E-state index is 14.7. The van der Waals surface area contributed by atoms with Gasteiger partial charge in [-0.15, -0.1) is 0 Å². The summed E-state index contributed by atoms with van der Waals surface area (Å²) < 4.78 is 34.6. The zero-order valence-corrected chi connectivity index (χ0v) is 18.7. The molecule has 0 spiro atoms. The number of ketones is 1. The highest BCUT2D eigenvalue weighted by molar-refractivity contribution is 9.10. The molecule has 1 aromatic heterocycles. The van der Waals surface area contributed by atoms with Gasteiger partial charge in [0.05, 0.1) is 17.3 Å². The maximum Gasteiger partial charge on any atom is 0.294 e. The van der Waals surface area contributed by atoms with E-state index in [1.807, 2.05) is 0 Å². The van der Waals surface area contributed by atoms with E-state index in [4.69, 9.17) is 4.42 Å². The number of carbonyl (C=O) groups excluding carboxylic acids is 2. The first-order valence-electron chi connectivity index (χ1n) is 9.99. The van der Waals surface area contributed by atoms with Crippen LogP contribution in [0.3, 0.4) is 0 Å². The molecule has 2 N–H and O–H groups in total. The number of anilines is 1. The number of phenols is 1. The predicted octanol–water partition coefficient (Wildman–Crippen LogP) is 5.96. The smallest absolute Gasteiger partial charge is 0.294 e. The van der Waals surface area contributed by atoms with Gasteiger partial charge in [-0.3, -0.25) is 14.5 Å². The van der Waals surface area contributed by atoms with Crippen molar-refractivity contribution >= 4 is 44.3 Å². The fourth-order valence-electron chi connectivity index (χ4n) is 4.03. The van der Waals surface area contributed by atoms with Crippen LogP contribution >= 0.6 is 15.9 Å². The third-order valence-electron chi connectivity index (χ3n) is 5.51. The largest absolute Gasteiger partial charge is 0.508 e. The summed E-state index contributed by atoms with van der Waals surface area (Å²) in [4.78, 5) is 27.5. The first kappa shape index (κ1) is 21.8. The lowest BCUT2D eigenvalue weighted by molar-refractivity contribution is -0.117. The Balaban J connectivity index is 1.68. The topological polar surface area (TPSA) is 91.0 Å². The van der Waals surface area contributed by atoms with E-state index < -0.39 is 35.1 Å². The molecule has 0 saturated heterocycles. The number of hydrogen-bond acceptors (Lipinski definition) is 5. The standard InChI is InChI=1S/C25H14BrF2NO5/c26-14-4-7-19-13(8-14)10-20(34-19)23(31)21-22(12-2-1-3-16(30)9-12)29(25(33)24(21)32)18-6-5-15(27)11-17(18)28/h1-11,22,30,32H. The number of hydrogen-bond donors (Lipinski definition) is 2. The number of phenolic OH excluding ortho intramolecular Hbond substituents is 1. The number of aliphatic hydroxyl groups excluding tert-OH is 1. The van der Waals surface area contributed by atoms with Crippen LogP contribution in [0.2, 0.25) is 0 Å². The number of fused-ring (bicyclic) bond motifs is 1. The van der Waals surface area contributed by atoms with Gasteiger partial charge in [-0.2, -0.15) is 0 Å². The minimum atomic E-state index is -1.31. The van der Waals surface area contributed by atoms with Crippen molar-refractivity contribution in [2.24, 2.45) is 0 Å². The number of benzene rings is 3. The highest BCUT2D eigenvalue weighted by Gasteiger charge is 2.46. The van der Waals surface area contributed by atoms with Crippen LogP contribution in [0.4, 0.5) is 14.5 Å². The lowest BCUT2D eigenvalue weighted by atomic mass is 9.94. The number of aliphatic hydroxyl groups is 1. The summed E-state index contributed by atoms with van der Waals surface area (Å²) in [7, 11) is 0. The van der Waals surface area contributed by atoms with E-state index in [9.17, 15) is 28.6 Å². The minimum absolute atomic E-state index is 0.144. The second-order valence-electron chi connectivity index (χ2n) is 7.65. The number of halogens is 3. The average Bonchev–Trinajstić information content (AvgIpc) is 3.32. The average molecular weight is 526 g/mol. The van der Waals surface area contributed by atoms with Gasteiger partial charge in [0.25, 0.3) is 5.91 Å². The van der Waals surface area contributed by atoms with Crippen LogP contribution in [0.15, 0.2) is 87.0 Å². The highest BCUT2D eigenvalue weighted by Crippen LogP contribution is 2.43. The monoisotopic (exact) mass is 525 g/mol.